The fourth-order valence-electron chi connectivity index (χ4n) is 5.20. The molecular weight excluding hydrogens is 565 g/mol. The Morgan fingerprint density at radius 1 is 1.05 bits per heavy atom. The normalized spacial score (nSPS) is 13.2. The number of rotatable bonds is 9. The summed E-state index contributed by atoms with van der Waals surface area (Å²) in [6.07, 6.45) is 0.799. The number of amides is 1. The van der Waals surface area contributed by atoms with E-state index in [2.05, 4.69) is 34.5 Å². The van der Waals surface area contributed by atoms with Crippen molar-refractivity contribution in [3.05, 3.63) is 111 Å². The van der Waals surface area contributed by atoms with Crippen LogP contribution in [0.5, 0.6) is 5.75 Å². The van der Waals surface area contributed by atoms with Crippen molar-refractivity contribution in [1.29, 1.82) is 0 Å². The van der Waals surface area contributed by atoms with Crippen LogP contribution in [0.15, 0.2) is 88.8 Å². The number of fused-ring (bicyclic) bond motifs is 3. The van der Waals surface area contributed by atoms with Crippen LogP contribution in [-0.4, -0.2) is 39.3 Å². The molecule has 0 saturated carbocycles. The lowest BCUT2D eigenvalue weighted by Gasteiger charge is -2.26. The van der Waals surface area contributed by atoms with E-state index in [0.717, 1.165) is 53.4 Å². The van der Waals surface area contributed by atoms with Crippen LogP contribution in [0.25, 0.3) is 15.9 Å². The van der Waals surface area contributed by atoms with Crippen LogP contribution in [-0.2, 0) is 24.3 Å². The van der Waals surface area contributed by atoms with Gasteiger partial charge in [-0.25, -0.2) is 4.98 Å². The van der Waals surface area contributed by atoms with E-state index in [0.29, 0.717) is 22.8 Å². The van der Waals surface area contributed by atoms with E-state index in [4.69, 9.17) is 9.72 Å². The van der Waals surface area contributed by atoms with Crippen LogP contribution in [0.1, 0.15) is 28.5 Å². The Bertz CT molecular complexity index is 1760. The predicted octanol–water partition coefficient (Wildman–Crippen LogP) is 6.44. The molecule has 1 amide bonds. The van der Waals surface area contributed by atoms with Gasteiger partial charge in [-0.15, -0.1) is 11.3 Å². The molecule has 0 aliphatic carbocycles. The lowest BCUT2D eigenvalue weighted by Crippen LogP contribution is -2.30. The minimum atomic E-state index is -0.154. The Morgan fingerprint density at radius 3 is 2.55 bits per heavy atom. The molecule has 3 aromatic carbocycles. The van der Waals surface area contributed by atoms with Crippen LogP contribution < -0.4 is 15.6 Å². The number of thiophene rings is 1. The fourth-order valence-corrected chi connectivity index (χ4v) is 7.32. The quantitative estimate of drug-likeness (QED) is 0.156. The number of hydrogen-bond acceptors (Lipinski definition) is 7. The van der Waals surface area contributed by atoms with Crippen molar-refractivity contribution in [3.8, 4) is 11.4 Å². The second-order valence-electron chi connectivity index (χ2n) is 10.3. The second-order valence-corrected chi connectivity index (χ2v) is 12.3. The zero-order chi connectivity index (χ0) is 29.1. The molecule has 1 aliphatic heterocycles. The van der Waals surface area contributed by atoms with E-state index >= 15 is 0 Å². The van der Waals surface area contributed by atoms with Crippen molar-refractivity contribution in [1.82, 2.24) is 14.5 Å². The van der Waals surface area contributed by atoms with Crippen LogP contribution in [0.2, 0.25) is 0 Å². The average molecular weight is 597 g/mol. The largest absolute Gasteiger partial charge is 0.494 e. The van der Waals surface area contributed by atoms with Crippen molar-refractivity contribution in [3.63, 3.8) is 0 Å². The van der Waals surface area contributed by atoms with E-state index in [9.17, 15) is 9.59 Å². The van der Waals surface area contributed by atoms with Gasteiger partial charge in [-0.3, -0.25) is 19.1 Å². The van der Waals surface area contributed by atoms with Gasteiger partial charge in [0.15, 0.2) is 5.16 Å². The number of aryl methyl sites for hydroxylation is 1. The molecule has 9 heteroatoms. The van der Waals surface area contributed by atoms with Gasteiger partial charge in [-0.1, -0.05) is 59.8 Å². The molecule has 1 aliphatic rings. The lowest BCUT2D eigenvalue weighted by atomic mass is 10.0. The van der Waals surface area contributed by atoms with E-state index < -0.39 is 0 Å². The van der Waals surface area contributed by atoms with Gasteiger partial charge in [0.25, 0.3) is 5.56 Å². The molecule has 6 rings (SSSR count). The summed E-state index contributed by atoms with van der Waals surface area (Å²) in [5, 5.41) is 4.13. The van der Waals surface area contributed by atoms with Gasteiger partial charge in [0.05, 0.1) is 23.4 Å². The van der Waals surface area contributed by atoms with Gasteiger partial charge in [-0.05, 0) is 67.8 Å². The molecule has 0 atom stereocenters. The number of carbonyl (C=O) groups is 1. The molecule has 2 aromatic heterocycles. The SMILES string of the molecule is CCOc1ccc(-n2c(SCC(=O)Nc3ccc(C)cc3)nc3sc4c(c3c2=O)CCN(Cc2ccccc2)C4)cc1. The molecule has 0 radical (unpaired) electrons. The number of carbonyl (C=O) groups excluding carboxylic acids is 1. The number of hydrogen-bond donors (Lipinski definition) is 1. The lowest BCUT2D eigenvalue weighted by molar-refractivity contribution is -0.113. The van der Waals surface area contributed by atoms with E-state index in [-0.39, 0.29) is 17.2 Å². The highest BCUT2D eigenvalue weighted by molar-refractivity contribution is 7.99. The zero-order valence-electron chi connectivity index (χ0n) is 23.6. The summed E-state index contributed by atoms with van der Waals surface area (Å²) in [5.74, 6) is 0.707. The number of anilines is 1. The maximum atomic E-state index is 14.2. The Balaban J connectivity index is 1.33. The van der Waals surface area contributed by atoms with Crippen molar-refractivity contribution in [2.75, 3.05) is 24.2 Å². The van der Waals surface area contributed by atoms with Gasteiger partial charge in [0.2, 0.25) is 5.91 Å². The van der Waals surface area contributed by atoms with Gasteiger partial charge in [-0.2, -0.15) is 0 Å². The molecule has 0 unspecified atom stereocenters. The molecular formula is C33H32N4O3S2. The standard InChI is InChI=1S/C33H32N4O3S2/c1-3-40-26-15-13-25(14-16-26)37-32(39)30-27-17-18-36(19-23-7-5-4-6-8-23)20-28(27)42-31(30)35-33(37)41-21-29(38)34-24-11-9-22(2)10-12-24/h4-16H,3,17-21H2,1-2H3,(H,34,38). The fraction of sp³-hybridized carbons (Fsp3) is 0.242. The molecule has 0 spiro atoms. The molecule has 0 saturated heterocycles. The van der Waals surface area contributed by atoms with Crippen molar-refractivity contribution >= 4 is 44.9 Å². The van der Waals surface area contributed by atoms with Crippen molar-refractivity contribution in [2.24, 2.45) is 0 Å². The highest BCUT2D eigenvalue weighted by atomic mass is 32.2. The Morgan fingerprint density at radius 2 is 1.81 bits per heavy atom. The Labute approximate surface area is 253 Å². The van der Waals surface area contributed by atoms with Crippen LogP contribution >= 0.6 is 23.1 Å². The third-order valence-corrected chi connectivity index (χ3v) is 9.29. The van der Waals surface area contributed by atoms with Gasteiger partial charge in [0.1, 0.15) is 10.6 Å². The van der Waals surface area contributed by atoms with Gasteiger partial charge in [0, 0.05) is 30.2 Å². The maximum absolute atomic E-state index is 14.2. The summed E-state index contributed by atoms with van der Waals surface area (Å²) < 4.78 is 7.26. The summed E-state index contributed by atoms with van der Waals surface area (Å²) in [6, 6.07) is 25.6. The monoisotopic (exact) mass is 596 g/mol. The third-order valence-electron chi connectivity index (χ3n) is 7.25. The maximum Gasteiger partial charge on any atom is 0.267 e. The third kappa shape index (κ3) is 6.13. The molecule has 42 heavy (non-hydrogen) atoms. The topological polar surface area (TPSA) is 76.5 Å². The summed E-state index contributed by atoms with van der Waals surface area (Å²) in [4.78, 5) is 36.4. The molecule has 1 N–H and O–H groups in total. The highest BCUT2D eigenvalue weighted by Gasteiger charge is 2.26. The average Bonchev–Trinajstić information content (AvgIpc) is 3.36. The first-order valence-corrected chi connectivity index (χ1v) is 15.8. The predicted molar refractivity (Wildman–Crippen MR) is 171 cm³/mol. The summed E-state index contributed by atoms with van der Waals surface area (Å²) >= 11 is 2.86. The highest BCUT2D eigenvalue weighted by Crippen LogP contribution is 2.35. The first-order valence-electron chi connectivity index (χ1n) is 14.0. The van der Waals surface area contributed by atoms with Crippen LogP contribution in [0.4, 0.5) is 5.69 Å². The van der Waals surface area contributed by atoms with E-state index in [1.807, 2.05) is 68.4 Å². The smallest absolute Gasteiger partial charge is 0.267 e. The number of aromatic nitrogens is 2. The number of thioether (sulfide) groups is 1. The molecule has 0 fully saturated rings. The van der Waals surface area contributed by atoms with Crippen molar-refractivity contribution in [2.45, 2.75) is 38.5 Å². The summed E-state index contributed by atoms with van der Waals surface area (Å²) in [7, 11) is 0. The van der Waals surface area contributed by atoms with Crippen LogP contribution in [0.3, 0.4) is 0 Å². The summed E-state index contributed by atoms with van der Waals surface area (Å²) in [5.41, 5.74) is 4.84. The minimum absolute atomic E-state index is 0.0976. The number of ether oxygens (including phenoxy) is 1. The molecule has 214 valence electrons. The molecule has 5 aromatic rings. The number of nitrogens with one attached hydrogen (secondary N) is 1. The van der Waals surface area contributed by atoms with Gasteiger partial charge >= 0.3 is 0 Å². The number of nitrogens with zero attached hydrogens (tertiary/aromatic N) is 3. The molecule has 0 bridgehead atoms. The first-order chi connectivity index (χ1) is 20.5. The number of benzene rings is 3. The van der Waals surface area contributed by atoms with Crippen LogP contribution in [0, 0.1) is 6.92 Å². The molecule has 7 nitrogen and oxygen atoms in total. The van der Waals surface area contributed by atoms with E-state index in [1.54, 1.807) is 15.9 Å². The Hall–Kier alpha value is -3.92. The van der Waals surface area contributed by atoms with E-state index in [1.165, 1.54) is 22.2 Å². The van der Waals surface area contributed by atoms with Gasteiger partial charge < -0.3 is 10.1 Å². The first kappa shape index (κ1) is 28.2. The molecule has 3 heterocycles. The second kappa shape index (κ2) is 12.5. The Kier molecular flexibility index (Phi) is 8.41. The summed E-state index contributed by atoms with van der Waals surface area (Å²) in [6.45, 7) is 7.04. The van der Waals surface area contributed by atoms with Crippen molar-refractivity contribution < 1.29 is 9.53 Å². The minimum Gasteiger partial charge on any atom is -0.494 e. The zero-order valence-corrected chi connectivity index (χ0v) is 25.3.